The van der Waals surface area contributed by atoms with Gasteiger partial charge in [0.15, 0.2) is 11.6 Å². The van der Waals surface area contributed by atoms with Gasteiger partial charge < -0.3 is 15.6 Å². The molecule has 1 aromatic heterocycles. The number of rotatable bonds is 2. The number of aliphatic hydroxyl groups is 1. The maximum Gasteiger partial charge on any atom is 0.351 e. The Kier molecular flexibility index (Phi) is 2.88. The lowest BCUT2D eigenvalue weighted by atomic mass is 9.90. The largest absolute Gasteiger partial charge is 0.396 e. The van der Waals surface area contributed by atoms with Crippen molar-refractivity contribution >= 4 is 5.82 Å². The molecule has 1 aliphatic heterocycles. The molecule has 0 bridgehead atoms. The molecule has 0 radical (unpaired) electrons. The van der Waals surface area contributed by atoms with Gasteiger partial charge in [0.1, 0.15) is 6.23 Å². The smallest absolute Gasteiger partial charge is 0.351 e. The van der Waals surface area contributed by atoms with Crippen molar-refractivity contribution in [2.45, 2.75) is 19.6 Å². The molecule has 94 valence electrons. The fourth-order valence-electron chi connectivity index (χ4n) is 1.79. The number of anilines is 1. The van der Waals surface area contributed by atoms with E-state index in [1.807, 2.05) is 6.92 Å². The van der Waals surface area contributed by atoms with Crippen molar-refractivity contribution in [3.05, 3.63) is 22.5 Å². The van der Waals surface area contributed by atoms with Crippen LogP contribution in [0.25, 0.3) is 0 Å². The predicted molar refractivity (Wildman–Crippen MR) is 57.7 cm³/mol. The van der Waals surface area contributed by atoms with Crippen molar-refractivity contribution in [1.29, 1.82) is 0 Å². The number of nitrogen functional groups attached to an aromatic ring is 1. The van der Waals surface area contributed by atoms with E-state index in [9.17, 15) is 14.3 Å². The molecule has 0 spiro atoms. The lowest BCUT2D eigenvalue weighted by Gasteiger charge is -2.18. The molecule has 2 rings (SSSR count). The van der Waals surface area contributed by atoms with Crippen LogP contribution in [0, 0.1) is 11.2 Å². The first-order chi connectivity index (χ1) is 7.95. The van der Waals surface area contributed by atoms with Crippen molar-refractivity contribution in [3.8, 4) is 0 Å². The van der Waals surface area contributed by atoms with Crippen LogP contribution in [0.3, 0.4) is 0 Å². The molecule has 1 aliphatic rings. The first-order valence-electron chi connectivity index (χ1n) is 5.22. The van der Waals surface area contributed by atoms with Gasteiger partial charge in [0, 0.05) is 11.8 Å². The number of hydrogen-bond donors (Lipinski definition) is 2. The lowest BCUT2D eigenvalue weighted by molar-refractivity contribution is 0.0409. The Morgan fingerprint density at radius 1 is 1.82 bits per heavy atom. The van der Waals surface area contributed by atoms with Crippen LogP contribution in [0.15, 0.2) is 11.0 Å². The van der Waals surface area contributed by atoms with Gasteiger partial charge in [-0.3, -0.25) is 4.57 Å². The summed E-state index contributed by atoms with van der Waals surface area (Å²) in [7, 11) is 0. The molecule has 1 aromatic rings. The van der Waals surface area contributed by atoms with Gasteiger partial charge in [-0.1, -0.05) is 6.92 Å². The summed E-state index contributed by atoms with van der Waals surface area (Å²) in [6, 6.07) is 0. The van der Waals surface area contributed by atoms with Gasteiger partial charge in [0.25, 0.3) is 0 Å². The Hall–Kier alpha value is -1.47. The van der Waals surface area contributed by atoms with Crippen LogP contribution in [-0.4, -0.2) is 27.9 Å². The van der Waals surface area contributed by atoms with E-state index >= 15 is 0 Å². The zero-order chi connectivity index (χ0) is 12.6. The van der Waals surface area contributed by atoms with Gasteiger partial charge >= 0.3 is 5.69 Å². The molecule has 7 heteroatoms. The highest BCUT2D eigenvalue weighted by atomic mass is 19.1. The van der Waals surface area contributed by atoms with Gasteiger partial charge in [-0.25, -0.2) is 9.18 Å². The van der Waals surface area contributed by atoms with E-state index in [0.29, 0.717) is 13.0 Å². The molecular weight excluding hydrogens is 229 g/mol. The highest BCUT2D eigenvalue weighted by Crippen LogP contribution is 2.36. The van der Waals surface area contributed by atoms with Gasteiger partial charge in [-0.15, -0.1) is 0 Å². The second-order valence-electron chi connectivity index (χ2n) is 4.60. The van der Waals surface area contributed by atoms with Crippen molar-refractivity contribution in [2.75, 3.05) is 18.9 Å². The van der Waals surface area contributed by atoms with Gasteiger partial charge in [0.05, 0.1) is 19.4 Å². The van der Waals surface area contributed by atoms with Crippen LogP contribution >= 0.6 is 0 Å². The molecule has 2 atom stereocenters. The molecule has 0 unspecified atom stereocenters. The summed E-state index contributed by atoms with van der Waals surface area (Å²) in [5.74, 6) is -1.18. The van der Waals surface area contributed by atoms with Crippen LogP contribution in [0.1, 0.15) is 19.6 Å². The van der Waals surface area contributed by atoms with E-state index < -0.39 is 29.0 Å². The topological polar surface area (TPSA) is 90.4 Å². The number of hydrogen-bond acceptors (Lipinski definition) is 5. The third kappa shape index (κ3) is 2.16. The van der Waals surface area contributed by atoms with Crippen molar-refractivity contribution in [1.82, 2.24) is 9.55 Å². The fourth-order valence-corrected chi connectivity index (χ4v) is 1.79. The van der Waals surface area contributed by atoms with Gasteiger partial charge in [-0.05, 0) is 0 Å². The minimum absolute atomic E-state index is 0.0524. The van der Waals surface area contributed by atoms with Crippen LogP contribution in [0.5, 0.6) is 0 Å². The minimum atomic E-state index is -0.759. The van der Waals surface area contributed by atoms with E-state index in [1.165, 1.54) is 0 Å². The van der Waals surface area contributed by atoms with Crippen molar-refractivity contribution < 1.29 is 14.2 Å². The molecule has 0 aromatic carbocycles. The second-order valence-corrected chi connectivity index (χ2v) is 4.60. The molecule has 1 fully saturated rings. The molecule has 1 saturated heterocycles. The summed E-state index contributed by atoms with van der Waals surface area (Å²) in [6.07, 6.45) is 0.801. The average molecular weight is 243 g/mol. The normalized spacial score (nSPS) is 28.5. The molecule has 17 heavy (non-hydrogen) atoms. The maximum atomic E-state index is 13.2. The lowest BCUT2D eigenvalue weighted by Crippen LogP contribution is -2.28. The van der Waals surface area contributed by atoms with E-state index in [1.54, 1.807) is 0 Å². The van der Waals surface area contributed by atoms with E-state index in [2.05, 4.69) is 4.98 Å². The first-order valence-corrected chi connectivity index (χ1v) is 5.22. The number of nitrogens with zero attached hydrogens (tertiary/aromatic N) is 2. The Morgan fingerprint density at radius 2 is 2.53 bits per heavy atom. The van der Waals surface area contributed by atoms with Crippen LogP contribution in [0.4, 0.5) is 10.2 Å². The highest BCUT2D eigenvalue weighted by molar-refractivity contribution is 5.26. The highest BCUT2D eigenvalue weighted by Gasteiger charge is 2.37. The third-order valence-corrected chi connectivity index (χ3v) is 2.92. The van der Waals surface area contributed by atoms with E-state index in [-0.39, 0.29) is 6.61 Å². The average Bonchev–Trinajstić information content (AvgIpc) is 2.67. The summed E-state index contributed by atoms with van der Waals surface area (Å²) in [6.45, 7) is 2.09. The van der Waals surface area contributed by atoms with Crippen LogP contribution in [0.2, 0.25) is 0 Å². The standard InChI is InChI=1S/C10H14FN3O3/c1-10(4-15)2-7(17-5-10)14-3-6(11)8(12)13-9(14)16/h3,7,15H,2,4-5H2,1H3,(H2,12,13,16)/t7-,10-/m1/s1. The molecule has 0 saturated carbocycles. The summed E-state index contributed by atoms with van der Waals surface area (Å²) in [5, 5.41) is 9.18. The Balaban J connectivity index is 2.31. The van der Waals surface area contributed by atoms with Gasteiger partial charge in [0.2, 0.25) is 0 Å². The van der Waals surface area contributed by atoms with Gasteiger partial charge in [-0.2, -0.15) is 4.98 Å². The molecule has 0 amide bonds. The molecular formula is C10H14FN3O3. The summed E-state index contributed by atoms with van der Waals surface area (Å²) < 4.78 is 19.7. The van der Waals surface area contributed by atoms with Crippen molar-refractivity contribution in [3.63, 3.8) is 0 Å². The first kappa shape index (κ1) is 12.0. The van der Waals surface area contributed by atoms with Crippen LogP contribution in [-0.2, 0) is 4.74 Å². The molecule has 3 N–H and O–H groups in total. The summed E-state index contributed by atoms with van der Waals surface area (Å²) in [4.78, 5) is 14.9. The second kappa shape index (κ2) is 4.08. The van der Waals surface area contributed by atoms with Crippen LogP contribution < -0.4 is 11.4 Å². The Labute approximate surface area is 96.8 Å². The number of nitrogens with two attached hydrogens (primary N) is 1. The zero-order valence-corrected chi connectivity index (χ0v) is 9.39. The SMILES string of the molecule is C[C@@]1(CO)CO[C@@H](n2cc(F)c(N)nc2=O)C1. The van der Waals surface area contributed by atoms with E-state index in [4.69, 9.17) is 10.5 Å². The number of aliphatic hydroxyl groups excluding tert-OH is 1. The monoisotopic (exact) mass is 243 g/mol. The number of ether oxygens (including phenoxy) is 1. The number of halogens is 1. The summed E-state index contributed by atoms with van der Waals surface area (Å²) in [5.41, 5.74) is 4.12. The molecule has 0 aliphatic carbocycles. The predicted octanol–water partition coefficient (Wildman–Crippen LogP) is -0.118. The quantitative estimate of drug-likeness (QED) is 0.755. The van der Waals surface area contributed by atoms with E-state index in [0.717, 1.165) is 10.8 Å². The number of aromatic nitrogens is 2. The Morgan fingerprint density at radius 3 is 3.12 bits per heavy atom. The minimum Gasteiger partial charge on any atom is -0.396 e. The third-order valence-electron chi connectivity index (χ3n) is 2.92. The Bertz CT molecular complexity index is 490. The van der Waals surface area contributed by atoms with Crippen molar-refractivity contribution in [2.24, 2.45) is 5.41 Å². The summed E-state index contributed by atoms with van der Waals surface area (Å²) >= 11 is 0. The molecule has 6 nitrogen and oxygen atoms in total. The molecule has 2 heterocycles. The zero-order valence-electron chi connectivity index (χ0n) is 9.39. The maximum absolute atomic E-state index is 13.2. The fraction of sp³-hybridized carbons (Fsp3) is 0.600.